The Kier molecular flexibility index (Phi) is 11.7. The molecule has 5 rings (SSSR count). The normalized spacial score (nSPS) is 16.2. The number of hydrogen-bond donors (Lipinski definition) is 3. The van der Waals surface area contributed by atoms with Gasteiger partial charge >= 0.3 is 51.4 Å². The molecule has 0 saturated carbocycles. The maximum absolute atomic E-state index is 13.1. The van der Waals surface area contributed by atoms with Crippen LogP contribution in [0.4, 0.5) is 0 Å². The summed E-state index contributed by atoms with van der Waals surface area (Å²) in [6.45, 7) is 4.93. The molecule has 3 amide bonds. The summed E-state index contributed by atoms with van der Waals surface area (Å²) in [7, 11) is 0. The van der Waals surface area contributed by atoms with Crippen LogP contribution < -0.4 is 68.2 Å². The number of nitrogens with one attached hydrogen (secondary N) is 1. The second kappa shape index (κ2) is 15.2. The minimum Gasteiger partial charge on any atom is -0.366 e. The third kappa shape index (κ3) is 8.70. The largest absolute Gasteiger partial charge is 1.00 e. The molecule has 0 aliphatic carbocycles. The van der Waals surface area contributed by atoms with E-state index in [0.29, 0.717) is 23.2 Å². The Balaban J connectivity index is 0.00000405. The van der Waals surface area contributed by atoms with E-state index in [1.807, 2.05) is 42.5 Å². The zero-order valence-electron chi connectivity index (χ0n) is 24.1. The minimum atomic E-state index is -0.426. The number of hydrogen-bond acceptors (Lipinski definition) is 5. The van der Waals surface area contributed by atoms with Gasteiger partial charge in [-0.25, -0.2) is 12.1 Å². The first-order chi connectivity index (χ1) is 19.8. The standard InChI is InChI=1S/C33H35N5O3.K/c34-31(39)25-10-6-23(7-11-25)20-37-17-14-30(15-18-37)36-33(41)28-4-1-3-27(19-28)29-5-2-16-38(22-29)21-24-8-12-26(13-9-24)32(35)40;/h1,4,6-13,19,30H,2,14-18,20-22H2,(H2,34,39)(H2,35,40)(H,36,41);/q-2;+1. The zero-order chi connectivity index (χ0) is 28.8. The summed E-state index contributed by atoms with van der Waals surface area (Å²) in [6.07, 6.45) is 6.04. The first kappa shape index (κ1) is 32.3. The van der Waals surface area contributed by atoms with Crippen molar-refractivity contribution in [3.8, 4) is 0 Å². The van der Waals surface area contributed by atoms with Crippen molar-refractivity contribution in [3.63, 3.8) is 0 Å². The molecule has 1 saturated heterocycles. The molecule has 3 aromatic rings. The number of carbonyl (C=O) groups excluding carboxylic acids is 3. The van der Waals surface area contributed by atoms with Crippen molar-refractivity contribution >= 4 is 23.3 Å². The molecule has 42 heavy (non-hydrogen) atoms. The summed E-state index contributed by atoms with van der Waals surface area (Å²) in [5, 5.41) is 3.22. The fourth-order valence-corrected chi connectivity index (χ4v) is 5.39. The first-order valence-electron chi connectivity index (χ1n) is 14.0. The number of nitrogens with two attached hydrogens (primary N) is 2. The van der Waals surface area contributed by atoms with E-state index in [4.69, 9.17) is 11.5 Å². The van der Waals surface area contributed by atoms with Crippen LogP contribution in [0, 0.1) is 12.1 Å². The number of rotatable bonds is 9. The van der Waals surface area contributed by atoms with Crippen LogP contribution in [0.25, 0.3) is 5.57 Å². The Labute approximate surface area is 289 Å². The van der Waals surface area contributed by atoms with Gasteiger partial charge in [-0.3, -0.25) is 30.4 Å². The van der Waals surface area contributed by atoms with Crippen molar-refractivity contribution in [2.75, 3.05) is 26.2 Å². The van der Waals surface area contributed by atoms with Crippen molar-refractivity contribution in [2.24, 2.45) is 11.5 Å². The van der Waals surface area contributed by atoms with Gasteiger partial charge in [0.15, 0.2) is 0 Å². The molecule has 0 bridgehead atoms. The average Bonchev–Trinajstić information content (AvgIpc) is 2.99. The molecule has 2 aliphatic rings. The van der Waals surface area contributed by atoms with Gasteiger partial charge in [-0.05, 0) is 61.3 Å². The minimum absolute atomic E-state index is 0. The maximum atomic E-state index is 13.1. The molecule has 212 valence electrons. The van der Waals surface area contributed by atoms with E-state index < -0.39 is 11.8 Å². The molecule has 1 fully saturated rings. The molecule has 0 radical (unpaired) electrons. The van der Waals surface area contributed by atoms with Crippen molar-refractivity contribution in [3.05, 3.63) is 112 Å². The molecule has 0 spiro atoms. The fraction of sp³-hybridized carbons (Fsp3) is 0.303. The quantitative estimate of drug-likeness (QED) is 0.243. The number of nitrogens with zero attached hydrogens (tertiary/aromatic N) is 2. The predicted octanol–water partition coefficient (Wildman–Crippen LogP) is 0.175. The van der Waals surface area contributed by atoms with Crippen molar-refractivity contribution in [1.82, 2.24) is 15.1 Å². The Morgan fingerprint density at radius 2 is 1.36 bits per heavy atom. The van der Waals surface area contributed by atoms with Crippen LogP contribution in [0.1, 0.15) is 67.0 Å². The summed E-state index contributed by atoms with van der Waals surface area (Å²) < 4.78 is 0. The third-order valence-electron chi connectivity index (χ3n) is 7.75. The van der Waals surface area contributed by atoms with Gasteiger partial charge in [0.25, 0.3) is 0 Å². The molecular weight excluding hydrogens is 553 g/mol. The summed E-state index contributed by atoms with van der Waals surface area (Å²) in [5.74, 6) is -0.911. The molecule has 0 atom stereocenters. The van der Waals surface area contributed by atoms with Crippen LogP contribution in [0.5, 0.6) is 0 Å². The number of primary amides is 2. The maximum Gasteiger partial charge on any atom is 1.00 e. The molecule has 5 N–H and O–H groups in total. The van der Waals surface area contributed by atoms with E-state index in [9.17, 15) is 14.4 Å². The van der Waals surface area contributed by atoms with Crippen molar-refractivity contribution in [2.45, 2.75) is 38.4 Å². The average molecular weight is 589 g/mol. The Morgan fingerprint density at radius 1 is 0.786 bits per heavy atom. The van der Waals surface area contributed by atoms with Gasteiger partial charge in [0.2, 0.25) is 17.7 Å². The van der Waals surface area contributed by atoms with Gasteiger partial charge in [-0.15, -0.1) is 12.5 Å². The van der Waals surface area contributed by atoms with Crippen LogP contribution in [0.2, 0.25) is 0 Å². The number of piperidine rings is 1. The monoisotopic (exact) mass is 588 g/mol. The van der Waals surface area contributed by atoms with E-state index in [1.165, 1.54) is 0 Å². The van der Waals surface area contributed by atoms with E-state index in [-0.39, 0.29) is 63.3 Å². The molecule has 9 heteroatoms. The van der Waals surface area contributed by atoms with Gasteiger partial charge in [-0.2, -0.15) is 6.07 Å². The summed E-state index contributed by atoms with van der Waals surface area (Å²) in [5.41, 5.74) is 16.5. The van der Waals surface area contributed by atoms with Gasteiger partial charge in [-0.1, -0.05) is 29.8 Å². The van der Waals surface area contributed by atoms with Crippen LogP contribution in [-0.2, 0) is 13.1 Å². The Hall–Kier alpha value is -2.63. The van der Waals surface area contributed by atoms with Crippen LogP contribution in [0.3, 0.4) is 0 Å². The third-order valence-corrected chi connectivity index (χ3v) is 7.75. The van der Waals surface area contributed by atoms with E-state index >= 15 is 0 Å². The predicted molar refractivity (Wildman–Crippen MR) is 158 cm³/mol. The van der Waals surface area contributed by atoms with Crippen molar-refractivity contribution in [1.29, 1.82) is 0 Å². The second-order valence-electron chi connectivity index (χ2n) is 10.8. The van der Waals surface area contributed by atoms with Crippen LogP contribution in [-0.4, -0.2) is 59.7 Å². The number of likely N-dealkylation sites (tertiary alicyclic amines) is 1. The van der Waals surface area contributed by atoms with Crippen molar-refractivity contribution < 1.29 is 65.8 Å². The SMILES string of the molecule is NC(=O)c1ccc(CN2CCC(NC(=O)c3cc[c-]c(C4=[C-]CCN(Cc5ccc(C(N)=O)cc5)C4)c3)CC2)cc1.[K+]. The fourth-order valence-electron chi connectivity index (χ4n) is 5.39. The smallest absolute Gasteiger partial charge is 0.366 e. The Bertz CT molecular complexity index is 1430. The molecule has 2 heterocycles. The summed E-state index contributed by atoms with van der Waals surface area (Å²) in [4.78, 5) is 40.5. The first-order valence-corrected chi connectivity index (χ1v) is 14.0. The Morgan fingerprint density at radius 3 is 1.93 bits per heavy atom. The van der Waals surface area contributed by atoms with E-state index in [1.54, 1.807) is 24.3 Å². The molecule has 8 nitrogen and oxygen atoms in total. The van der Waals surface area contributed by atoms with Gasteiger partial charge in [0.1, 0.15) is 0 Å². The van der Waals surface area contributed by atoms with E-state index in [0.717, 1.165) is 74.2 Å². The van der Waals surface area contributed by atoms with Gasteiger partial charge in [0.05, 0.1) is 0 Å². The number of carbonyl (C=O) groups is 3. The summed E-state index contributed by atoms with van der Waals surface area (Å²) in [6, 6.07) is 23.8. The topological polar surface area (TPSA) is 122 Å². The van der Waals surface area contributed by atoms with Gasteiger partial charge in [0, 0.05) is 43.3 Å². The number of amides is 3. The summed E-state index contributed by atoms with van der Waals surface area (Å²) >= 11 is 0. The second-order valence-corrected chi connectivity index (χ2v) is 10.8. The van der Waals surface area contributed by atoms with Crippen LogP contribution in [0.15, 0.2) is 66.7 Å². The molecule has 2 aliphatic heterocycles. The van der Waals surface area contributed by atoms with Gasteiger partial charge < -0.3 is 27.8 Å². The molecule has 0 unspecified atom stereocenters. The zero-order valence-corrected chi connectivity index (χ0v) is 27.2. The molecule has 3 aromatic carbocycles. The number of benzene rings is 3. The molecule has 0 aromatic heterocycles. The molecular formula is C33H35KN5O3-. The van der Waals surface area contributed by atoms with E-state index in [2.05, 4.69) is 27.3 Å². The van der Waals surface area contributed by atoms with Crippen LogP contribution >= 0.6 is 0 Å².